The summed E-state index contributed by atoms with van der Waals surface area (Å²) >= 11 is 0. The summed E-state index contributed by atoms with van der Waals surface area (Å²) in [6.07, 6.45) is 4.23. The van der Waals surface area contributed by atoms with Gasteiger partial charge in [-0.1, -0.05) is 54.6 Å². The van der Waals surface area contributed by atoms with E-state index in [-0.39, 0.29) is 30.4 Å². The molecule has 1 aromatic heterocycles. The van der Waals surface area contributed by atoms with E-state index in [9.17, 15) is 14.4 Å². The number of benzene rings is 3. The number of aryl methyl sites for hydroxylation is 1. The number of ketones is 1. The minimum atomic E-state index is -0.457. The molecule has 0 radical (unpaired) electrons. The predicted molar refractivity (Wildman–Crippen MR) is 163 cm³/mol. The van der Waals surface area contributed by atoms with Crippen molar-refractivity contribution in [1.82, 2.24) is 20.2 Å². The van der Waals surface area contributed by atoms with Crippen LogP contribution in [0.15, 0.2) is 73.1 Å². The molecule has 0 unspecified atom stereocenters. The second-order valence-electron chi connectivity index (χ2n) is 12.5. The molecule has 0 aliphatic carbocycles. The maximum absolute atomic E-state index is 13.8. The number of nitrogens with zero attached hydrogens (tertiary/aromatic N) is 2. The third-order valence-corrected chi connectivity index (χ3v) is 6.96. The van der Waals surface area contributed by atoms with Gasteiger partial charge in [-0.25, -0.2) is 4.98 Å². The maximum Gasteiger partial charge on any atom is 0.254 e. The Kier molecular flexibility index (Phi) is 8.76. The molecule has 3 aromatic carbocycles. The number of amides is 2. The highest BCUT2D eigenvalue weighted by atomic mass is 16.2. The Balaban J connectivity index is 1.54. The average Bonchev–Trinajstić information content (AvgIpc) is 3.42. The molecule has 2 N–H and O–H groups in total. The van der Waals surface area contributed by atoms with E-state index in [4.69, 9.17) is 0 Å². The molecule has 2 amide bonds. The molecule has 4 rings (SSSR count). The van der Waals surface area contributed by atoms with Crippen molar-refractivity contribution in [3.05, 3.63) is 101 Å². The number of nitrogens with one attached hydrogen (secondary N) is 2. The van der Waals surface area contributed by atoms with Crippen LogP contribution in [0.1, 0.15) is 85.6 Å². The predicted octanol–water partition coefficient (Wildman–Crippen LogP) is 6.28. The zero-order valence-corrected chi connectivity index (χ0v) is 24.9. The zero-order chi connectivity index (χ0) is 29.8. The van der Waals surface area contributed by atoms with E-state index in [1.54, 1.807) is 23.4 Å². The van der Waals surface area contributed by atoms with E-state index in [1.165, 1.54) is 0 Å². The summed E-state index contributed by atoms with van der Waals surface area (Å²) < 4.78 is 0. The first kappa shape index (κ1) is 29.7. The molecule has 0 aliphatic heterocycles. The highest BCUT2D eigenvalue weighted by Crippen LogP contribution is 2.26. The second-order valence-corrected chi connectivity index (χ2v) is 12.5. The fourth-order valence-electron chi connectivity index (χ4n) is 4.95. The first-order valence-electron chi connectivity index (χ1n) is 14.1. The van der Waals surface area contributed by atoms with Crippen molar-refractivity contribution in [3.8, 4) is 0 Å². The van der Waals surface area contributed by atoms with Crippen molar-refractivity contribution in [1.29, 1.82) is 0 Å². The highest BCUT2D eigenvalue weighted by Gasteiger charge is 2.30. The molecule has 0 fully saturated rings. The number of fused-ring (bicyclic) bond motifs is 1. The summed E-state index contributed by atoms with van der Waals surface area (Å²) in [7, 11) is 0. The monoisotopic (exact) mass is 552 g/mol. The number of hydrogen-bond acceptors (Lipinski definition) is 4. The molecule has 1 heterocycles. The zero-order valence-electron chi connectivity index (χ0n) is 24.9. The van der Waals surface area contributed by atoms with E-state index < -0.39 is 11.1 Å². The lowest BCUT2D eigenvalue weighted by Crippen LogP contribution is -2.45. The van der Waals surface area contributed by atoms with E-state index in [2.05, 4.69) is 15.3 Å². The van der Waals surface area contributed by atoms with E-state index >= 15 is 0 Å². The minimum absolute atomic E-state index is 0.00827. The van der Waals surface area contributed by atoms with Crippen molar-refractivity contribution >= 4 is 28.4 Å². The molecular formula is C34H40N4O3. The van der Waals surface area contributed by atoms with Crippen molar-refractivity contribution in [2.75, 3.05) is 0 Å². The maximum atomic E-state index is 13.8. The van der Waals surface area contributed by atoms with Gasteiger partial charge in [0.1, 0.15) is 11.6 Å². The van der Waals surface area contributed by atoms with Crippen LogP contribution in [-0.2, 0) is 24.2 Å². The lowest BCUT2D eigenvalue weighted by Gasteiger charge is -2.35. The van der Waals surface area contributed by atoms with Gasteiger partial charge >= 0.3 is 0 Å². The molecule has 41 heavy (non-hydrogen) atoms. The van der Waals surface area contributed by atoms with Crippen LogP contribution in [0.2, 0.25) is 0 Å². The van der Waals surface area contributed by atoms with Crippen molar-refractivity contribution in [3.63, 3.8) is 0 Å². The van der Waals surface area contributed by atoms with Crippen LogP contribution in [0.5, 0.6) is 0 Å². The Morgan fingerprint density at radius 3 is 2.27 bits per heavy atom. The van der Waals surface area contributed by atoms with Gasteiger partial charge in [0, 0.05) is 41.9 Å². The molecule has 0 bridgehead atoms. The summed E-state index contributed by atoms with van der Waals surface area (Å²) in [5.41, 5.74) is 1.80. The van der Waals surface area contributed by atoms with Gasteiger partial charge in [0.15, 0.2) is 0 Å². The van der Waals surface area contributed by atoms with Crippen molar-refractivity contribution in [2.45, 2.75) is 78.4 Å². The quantitative estimate of drug-likeness (QED) is 0.256. The summed E-state index contributed by atoms with van der Waals surface area (Å²) in [4.78, 5) is 49.6. The largest absolute Gasteiger partial charge is 0.347 e. The number of aromatic nitrogens is 2. The number of rotatable bonds is 9. The van der Waals surface area contributed by atoms with Crippen LogP contribution < -0.4 is 5.32 Å². The smallest absolute Gasteiger partial charge is 0.254 e. The number of hydrogen-bond donors (Lipinski definition) is 2. The Hall–Kier alpha value is -4.26. The Labute approximate surface area is 242 Å². The fraction of sp³-hybridized carbons (Fsp3) is 0.353. The van der Waals surface area contributed by atoms with Gasteiger partial charge in [-0.3, -0.25) is 14.4 Å². The van der Waals surface area contributed by atoms with Crippen molar-refractivity contribution in [2.24, 2.45) is 0 Å². The third kappa shape index (κ3) is 7.48. The minimum Gasteiger partial charge on any atom is -0.347 e. The van der Waals surface area contributed by atoms with Gasteiger partial charge in [-0.15, -0.1) is 0 Å². The van der Waals surface area contributed by atoms with Gasteiger partial charge in [0.2, 0.25) is 0 Å². The normalized spacial score (nSPS) is 11.9. The fourth-order valence-corrected chi connectivity index (χ4v) is 4.95. The number of carbonyl (C=O) groups excluding carboxylic acids is 3. The number of imidazole rings is 1. The Bertz CT molecular complexity index is 1540. The van der Waals surface area contributed by atoms with Crippen LogP contribution in [0.3, 0.4) is 0 Å². The van der Waals surface area contributed by atoms with Gasteiger partial charge in [-0.2, -0.15) is 0 Å². The summed E-state index contributed by atoms with van der Waals surface area (Å²) in [5, 5.41) is 4.93. The molecule has 0 saturated heterocycles. The summed E-state index contributed by atoms with van der Waals surface area (Å²) in [6.45, 7) is 12.1. The van der Waals surface area contributed by atoms with Crippen LogP contribution in [0.4, 0.5) is 0 Å². The standard InChI is InChI=1S/C34H40N4O3/c1-33(2,3)37-31(40)30-24(16-15-23-11-7-9-13-27(23)30)17-18-26(39)21-25-12-8-10-14-28(25)32(41)38(34(4,5)6)22-29-35-19-20-36-29/h7-16,19-20H,17-18,21-22H2,1-6H3,(H,35,36)(H,37,40). The van der Waals surface area contributed by atoms with E-state index in [0.717, 1.165) is 16.3 Å². The summed E-state index contributed by atoms with van der Waals surface area (Å²) in [5.74, 6) is 0.414. The SMILES string of the molecule is CC(C)(C)NC(=O)c1c(CCC(=O)Cc2ccccc2C(=O)N(Cc2ncc[nH]2)C(C)(C)C)ccc2ccccc12. The Morgan fingerprint density at radius 2 is 1.59 bits per heavy atom. The molecular weight excluding hydrogens is 512 g/mol. The van der Waals surface area contributed by atoms with Crippen molar-refractivity contribution < 1.29 is 14.4 Å². The molecule has 7 heteroatoms. The van der Waals surface area contributed by atoms with Crippen LogP contribution in [0, 0.1) is 0 Å². The number of carbonyl (C=O) groups is 3. The van der Waals surface area contributed by atoms with E-state index in [1.807, 2.05) is 96.1 Å². The van der Waals surface area contributed by atoms with Gasteiger partial charge < -0.3 is 15.2 Å². The highest BCUT2D eigenvalue weighted by molar-refractivity contribution is 6.08. The first-order valence-corrected chi connectivity index (χ1v) is 14.1. The summed E-state index contributed by atoms with van der Waals surface area (Å²) in [6, 6.07) is 19.0. The van der Waals surface area contributed by atoms with Gasteiger partial charge in [0.25, 0.3) is 11.8 Å². The number of H-pyrrole nitrogens is 1. The molecule has 0 aliphatic rings. The number of Topliss-reactive ketones (excluding diaryl/α,β-unsaturated/α-hetero) is 1. The average molecular weight is 553 g/mol. The Morgan fingerprint density at radius 1 is 0.878 bits per heavy atom. The third-order valence-electron chi connectivity index (χ3n) is 6.96. The van der Waals surface area contributed by atoms with Crippen LogP contribution >= 0.6 is 0 Å². The number of aromatic amines is 1. The van der Waals surface area contributed by atoms with Gasteiger partial charge in [-0.05, 0) is 75.9 Å². The lowest BCUT2D eigenvalue weighted by molar-refractivity contribution is -0.118. The van der Waals surface area contributed by atoms with Crippen LogP contribution in [0.25, 0.3) is 10.8 Å². The van der Waals surface area contributed by atoms with Gasteiger partial charge in [0.05, 0.1) is 12.1 Å². The van der Waals surface area contributed by atoms with Crippen LogP contribution in [-0.4, -0.2) is 43.5 Å². The molecule has 0 spiro atoms. The topological polar surface area (TPSA) is 95.2 Å². The molecule has 0 atom stereocenters. The second kappa shape index (κ2) is 12.1. The molecule has 214 valence electrons. The first-order chi connectivity index (χ1) is 19.3. The molecule has 7 nitrogen and oxygen atoms in total. The molecule has 4 aromatic rings. The lowest BCUT2D eigenvalue weighted by atomic mass is 9.92. The van der Waals surface area contributed by atoms with E-state index in [0.29, 0.717) is 35.5 Å². The molecule has 0 saturated carbocycles.